The van der Waals surface area contributed by atoms with E-state index >= 15 is 0 Å². The molecule has 3 heteroatoms. The monoisotopic (exact) mass is 143 g/mol. The highest BCUT2D eigenvalue weighted by atomic mass is 16.4. The Labute approximate surface area is 60.5 Å². The van der Waals surface area contributed by atoms with Crippen molar-refractivity contribution < 1.29 is 9.90 Å². The highest BCUT2D eigenvalue weighted by Crippen LogP contribution is 2.05. The molecule has 0 aliphatic carbocycles. The standard InChI is InChI=1S/C7H13NO2/c1-3-4-5(2)6(8)7(9)10/h3,5-6H,1,4,8H2,2H3,(H,9,10). The largest absolute Gasteiger partial charge is 0.480 e. The van der Waals surface area contributed by atoms with E-state index < -0.39 is 12.0 Å². The normalized spacial score (nSPS) is 15.8. The second-order valence-corrected chi connectivity index (χ2v) is 2.37. The van der Waals surface area contributed by atoms with Gasteiger partial charge in [-0.05, 0) is 12.3 Å². The Hall–Kier alpha value is -0.830. The average molecular weight is 143 g/mol. The van der Waals surface area contributed by atoms with Crippen LogP contribution in [0.5, 0.6) is 0 Å². The molecule has 0 fully saturated rings. The molecule has 0 spiro atoms. The lowest BCUT2D eigenvalue weighted by Crippen LogP contribution is -2.36. The summed E-state index contributed by atoms with van der Waals surface area (Å²) in [6, 6.07) is -0.766. The molecule has 0 aromatic carbocycles. The van der Waals surface area contributed by atoms with Gasteiger partial charge in [0.25, 0.3) is 0 Å². The average Bonchev–Trinajstić information content (AvgIpc) is 1.87. The van der Waals surface area contributed by atoms with E-state index in [4.69, 9.17) is 10.8 Å². The summed E-state index contributed by atoms with van der Waals surface area (Å²) in [5, 5.41) is 8.42. The molecule has 2 atom stereocenters. The third-order valence-electron chi connectivity index (χ3n) is 1.44. The third kappa shape index (κ3) is 2.64. The molecule has 0 aliphatic rings. The zero-order valence-electron chi connectivity index (χ0n) is 6.08. The van der Waals surface area contributed by atoms with Crippen molar-refractivity contribution in [3.63, 3.8) is 0 Å². The fourth-order valence-electron chi connectivity index (χ4n) is 0.653. The summed E-state index contributed by atoms with van der Waals surface area (Å²) in [5.74, 6) is -0.982. The minimum absolute atomic E-state index is 0.0324. The van der Waals surface area contributed by atoms with E-state index in [9.17, 15) is 4.79 Å². The predicted molar refractivity (Wildman–Crippen MR) is 39.6 cm³/mol. The SMILES string of the molecule is C=CCC(C)C(N)C(=O)O. The molecule has 0 rings (SSSR count). The van der Waals surface area contributed by atoms with E-state index in [-0.39, 0.29) is 5.92 Å². The van der Waals surface area contributed by atoms with Gasteiger partial charge in [-0.2, -0.15) is 0 Å². The predicted octanol–water partition coefficient (Wildman–Crippen LogP) is 0.611. The van der Waals surface area contributed by atoms with Crippen LogP contribution in [0, 0.1) is 5.92 Å². The Morgan fingerprint density at radius 1 is 1.90 bits per heavy atom. The molecule has 0 aromatic rings. The van der Waals surface area contributed by atoms with Gasteiger partial charge in [-0.15, -0.1) is 6.58 Å². The van der Waals surface area contributed by atoms with E-state index in [1.807, 2.05) is 0 Å². The van der Waals surface area contributed by atoms with Crippen molar-refractivity contribution in [2.45, 2.75) is 19.4 Å². The molecule has 0 radical (unpaired) electrons. The van der Waals surface area contributed by atoms with Crippen molar-refractivity contribution in [1.29, 1.82) is 0 Å². The number of allylic oxidation sites excluding steroid dienone is 1. The Balaban J connectivity index is 3.80. The molecular weight excluding hydrogens is 130 g/mol. The summed E-state index contributed by atoms with van der Waals surface area (Å²) >= 11 is 0. The van der Waals surface area contributed by atoms with E-state index in [0.717, 1.165) is 0 Å². The Morgan fingerprint density at radius 3 is 2.70 bits per heavy atom. The summed E-state index contributed by atoms with van der Waals surface area (Å²) < 4.78 is 0. The number of carbonyl (C=O) groups is 1. The van der Waals surface area contributed by atoms with Crippen LogP contribution in [0.3, 0.4) is 0 Å². The summed E-state index contributed by atoms with van der Waals surface area (Å²) in [6.07, 6.45) is 2.32. The molecule has 3 N–H and O–H groups in total. The number of aliphatic carboxylic acids is 1. The van der Waals surface area contributed by atoms with Gasteiger partial charge in [0.2, 0.25) is 0 Å². The zero-order chi connectivity index (χ0) is 8.15. The molecule has 0 saturated heterocycles. The van der Waals surface area contributed by atoms with Crippen LogP contribution in [0.4, 0.5) is 0 Å². The van der Waals surface area contributed by atoms with Crippen LogP contribution in [0.15, 0.2) is 12.7 Å². The first-order valence-electron chi connectivity index (χ1n) is 3.19. The lowest BCUT2D eigenvalue weighted by atomic mass is 10.00. The molecule has 0 saturated carbocycles. The van der Waals surface area contributed by atoms with Gasteiger partial charge in [-0.25, -0.2) is 0 Å². The van der Waals surface area contributed by atoms with E-state index in [2.05, 4.69) is 6.58 Å². The number of hydrogen-bond acceptors (Lipinski definition) is 2. The number of carboxylic acid groups (broad SMARTS) is 1. The summed E-state index contributed by atoms with van der Waals surface area (Å²) in [5.41, 5.74) is 5.30. The van der Waals surface area contributed by atoms with E-state index in [1.165, 1.54) is 0 Å². The number of hydrogen-bond donors (Lipinski definition) is 2. The van der Waals surface area contributed by atoms with Crippen LogP contribution in [0.2, 0.25) is 0 Å². The van der Waals surface area contributed by atoms with Crippen molar-refractivity contribution in [2.75, 3.05) is 0 Å². The van der Waals surface area contributed by atoms with Gasteiger partial charge in [-0.1, -0.05) is 13.0 Å². The Morgan fingerprint density at radius 2 is 2.40 bits per heavy atom. The van der Waals surface area contributed by atoms with Crippen molar-refractivity contribution in [2.24, 2.45) is 11.7 Å². The minimum atomic E-state index is -0.950. The maximum Gasteiger partial charge on any atom is 0.320 e. The van der Waals surface area contributed by atoms with Gasteiger partial charge in [0.1, 0.15) is 6.04 Å². The van der Waals surface area contributed by atoms with Gasteiger partial charge in [-0.3, -0.25) is 4.79 Å². The first kappa shape index (κ1) is 9.17. The van der Waals surface area contributed by atoms with Gasteiger partial charge in [0.05, 0.1) is 0 Å². The van der Waals surface area contributed by atoms with Crippen molar-refractivity contribution in [3.8, 4) is 0 Å². The second-order valence-electron chi connectivity index (χ2n) is 2.37. The summed E-state index contributed by atoms with van der Waals surface area (Å²) in [7, 11) is 0. The molecule has 0 amide bonds. The topological polar surface area (TPSA) is 63.3 Å². The summed E-state index contributed by atoms with van der Waals surface area (Å²) in [4.78, 5) is 10.3. The number of carboxylic acids is 1. The van der Waals surface area contributed by atoms with Crippen LogP contribution < -0.4 is 5.73 Å². The Bertz CT molecular complexity index is 134. The van der Waals surface area contributed by atoms with Crippen LogP contribution in [-0.4, -0.2) is 17.1 Å². The fourth-order valence-corrected chi connectivity index (χ4v) is 0.653. The highest BCUT2D eigenvalue weighted by Gasteiger charge is 2.17. The molecule has 10 heavy (non-hydrogen) atoms. The first-order valence-corrected chi connectivity index (χ1v) is 3.19. The molecule has 2 unspecified atom stereocenters. The van der Waals surface area contributed by atoms with Gasteiger partial charge >= 0.3 is 5.97 Å². The van der Waals surface area contributed by atoms with Crippen molar-refractivity contribution in [1.82, 2.24) is 0 Å². The quantitative estimate of drug-likeness (QED) is 0.567. The maximum absolute atomic E-state index is 10.3. The molecule has 0 aromatic heterocycles. The maximum atomic E-state index is 10.3. The van der Waals surface area contributed by atoms with Gasteiger partial charge < -0.3 is 10.8 Å². The molecule has 3 nitrogen and oxygen atoms in total. The number of nitrogens with two attached hydrogens (primary N) is 1. The van der Waals surface area contributed by atoms with Crippen LogP contribution >= 0.6 is 0 Å². The highest BCUT2D eigenvalue weighted by molar-refractivity contribution is 5.73. The van der Waals surface area contributed by atoms with Crippen LogP contribution in [-0.2, 0) is 4.79 Å². The fraction of sp³-hybridized carbons (Fsp3) is 0.571. The zero-order valence-corrected chi connectivity index (χ0v) is 6.08. The Kier molecular flexibility index (Phi) is 3.72. The van der Waals surface area contributed by atoms with Crippen LogP contribution in [0.1, 0.15) is 13.3 Å². The lowest BCUT2D eigenvalue weighted by molar-refractivity contribution is -0.139. The van der Waals surface area contributed by atoms with Gasteiger partial charge in [0.15, 0.2) is 0 Å². The molecular formula is C7H13NO2. The van der Waals surface area contributed by atoms with Gasteiger partial charge in [0, 0.05) is 0 Å². The first-order chi connectivity index (χ1) is 4.59. The van der Waals surface area contributed by atoms with Crippen LogP contribution in [0.25, 0.3) is 0 Å². The number of rotatable bonds is 4. The van der Waals surface area contributed by atoms with E-state index in [1.54, 1.807) is 13.0 Å². The molecule has 0 aliphatic heterocycles. The van der Waals surface area contributed by atoms with Crippen molar-refractivity contribution >= 4 is 5.97 Å². The van der Waals surface area contributed by atoms with Crippen molar-refractivity contribution in [3.05, 3.63) is 12.7 Å². The summed E-state index contributed by atoms with van der Waals surface area (Å²) in [6.45, 7) is 5.29. The molecule has 0 bridgehead atoms. The third-order valence-corrected chi connectivity index (χ3v) is 1.44. The molecule has 58 valence electrons. The lowest BCUT2D eigenvalue weighted by Gasteiger charge is -2.12. The smallest absolute Gasteiger partial charge is 0.320 e. The second kappa shape index (κ2) is 4.06. The van der Waals surface area contributed by atoms with E-state index in [0.29, 0.717) is 6.42 Å². The minimum Gasteiger partial charge on any atom is -0.480 e. The molecule has 0 heterocycles.